The van der Waals surface area contributed by atoms with Gasteiger partial charge in [0.2, 0.25) is 0 Å². The molecule has 0 amide bonds. The van der Waals surface area contributed by atoms with Crippen LogP contribution in [0.15, 0.2) is 6.33 Å². The average Bonchev–Trinajstić information content (AvgIpc) is 2.54. The van der Waals surface area contributed by atoms with Gasteiger partial charge in [0.05, 0.1) is 0 Å². The van der Waals surface area contributed by atoms with E-state index in [1.54, 1.807) is 6.33 Å². The minimum Gasteiger partial charge on any atom is -0.330 e. The first-order chi connectivity index (χ1) is 6.77. The number of aryl methyl sites for hydroxylation is 1. The topological polar surface area (TPSA) is 56.7 Å². The van der Waals surface area contributed by atoms with Crippen LogP contribution in [0.2, 0.25) is 0 Å². The van der Waals surface area contributed by atoms with Gasteiger partial charge in [0, 0.05) is 13.0 Å². The van der Waals surface area contributed by atoms with E-state index >= 15 is 0 Å². The lowest BCUT2D eigenvalue weighted by Gasteiger charge is -2.09. The molecule has 1 rings (SSSR count). The van der Waals surface area contributed by atoms with Crippen molar-refractivity contribution in [1.29, 1.82) is 0 Å². The quantitative estimate of drug-likeness (QED) is 0.744. The maximum absolute atomic E-state index is 5.51. The fraction of sp³-hybridized carbons (Fsp3) is 0.800. The third kappa shape index (κ3) is 3.10. The van der Waals surface area contributed by atoms with Crippen LogP contribution in [0.5, 0.6) is 0 Å². The van der Waals surface area contributed by atoms with Crippen molar-refractivity contribution in [2.45, 2.75) is 39.7 Å². The molecule has 80 valence electrons. The minimum absolute atomic E-state index is 0.597. The Labute approximate surface area is 85.5 Å². The summed E-state index contributed by atoms with van der Waals surface area (Å²) < 4.78 is 1.99. The summed E-state index contributed by atoms with van der Waals surface area (Å²) in [7, 11) is 0. The predicted molar refractivity (Wildman–Crippen MR) is 56.9 cm³/mol. The van der Waals surface area contributed by atoms with E-state index in [2.05, 4.69) is 23.9 Å². The standard InChI is InChI=1S/C10H20N4/c1-3-6-14-10(12-8-13-14)7-9(2)4-5-11/h8-9H,3-7,11H2,1-2H3. The number of aromatic nitrogens is 3. The number of rotatable bonds is 6. The van der Waals surface area contributed by atoms with Crippen molar-refractivity contribution in [3.8, 4) is 0 Å². The Bertz CT molecular complexity index is 256. The summed E-state index contributed by atoms with van der Waals surface area (Å²) in [6, 6.07) is 0. The first-order valence-electron chi connectivity index (χ1n) is 5.34. The number of hydrogen-bond acceptors (Lipinski definition) is 3. The first kappa shape index (κ1) is 11.2. The fourth-order valence-electron chi connectivity index (χ4n) is 1.54. The summed E-state index contributed by atoms with van der Waals surface area (Å²) in [5, 5.41) is 4.19. The van der Waals surface area contributed by atoms with E-state index in [4.69, 9.17) is 5.73 Å². The second-order valence-corrected chi connectivity index (χ2v) is 3.79. The van der Waals surface area contributed by atoms with Crippen molar-refractivity contribution < 1.29 is 0 Å². The zero-order chi connectivity index (χ0) is 10.4. The van der Waals surface area contributed by atoms with Gasteiger partial charge >= 0.3 is 0 Å². The van der Waals surface area contributed by atoms with Gasteiger partial charge in [0.1, 0.15) is 12.2 Å². The number of hydrogen-bond donors (Lipinski definition) is 1. The minimum atomic E-state index is 0.597. The van der Waals surface area contributed by atoms with Crippen molar-refractivity contribution in [1.82, 2.24) is 14.8 Å². The van der Waals surface area contributed by atoms with Crippen molar-refractivity contribution in [3.63, 3.8) is 0 Å². The fourth-order valence-corrected chi connectivity index (χ4v) is 1.54. The maximum Gasteiger partial charge on any atom is 0.138 e. The Morgan fingerprint density at radius 1 is 1.57 bits per heavy atom. The normalized spacial score (nSPS) is 13.1. The van der Waals surface area contributed by atoms with Crippen molar-refractivity contribution in [2.75, 3.05) is 6.54 Å². The predicted octanol–water partition coefficient (Wildman–Crippen LogP) is 1.22. The van der Waals surface area contributed by atoms with Crippen LogP contribution < -0.4 is 5.73 Å². The molecule has 14 heavy (non-hydrogen) atoms. The molecule has 0 radical (unpaired) electrons. The molecule has 1 atom stereocenters. The third-order valence-electron chi connectivity index (χ3n) is 2.32. The molecule has 0 aliphatic heterocycles. The third-order valence-corrected chi connectivity index (χ3v) is 2.32. The molecule has 1 aromatic heterocycles. The second-order valence-electron chi connectivity index (χ2n) is 3.79. The van der Waals surface area contributed by atoms with E-state index in [1.165, 1.54) is 0 Å². The van der Waals surface area contributed by atoms with Crippen LogP contribution in [0.1, 0.15) is 32.5 Å². The van der Waals surface area contributed by atoms with E-state index in [-0.39, 0.29) is 0 Å². The Morgan fingerprint density at radius 2 is 2.36 bits per heavy atom. The van der Waals surface area contributed by atoms with E-state index in [0.29, 0.717) is 5.92 Å². The molecule has 0 spiro atoms. The Hall–Kier alpha value is -0.900. The summed E-state index contributed by atoms with van der Waals surface area (Å²) in [5.74, 6) is 1.69. The van der Waals surface area contributed by atoms with Gasteiger partial charge in [0.15, 0.2) is 0 Å². The molecule has 2 N–H and O–H groups in total. The Balaban J connectivity index is 2.52. The second kappa shape index (κ2) is 5.75. The largest absolute Gasteiger partial charge is 0.330 e. The van der Waals surface area contributed by atoms with Crippen LogP contribution in [-0.4, -0.2) is 21.3 Å². The van der Waals surface area contributed by atoms with E-state index in [1.807, 2.05) is 4.68 Å². The van der Waals surface area contributed by atoms with Crippen LogP contribution in [0.4, 0.5) is 0 Å². The summed E-state index contributed by atoms with van der Waals surface area (Å²) >= 11 is 0. The highest BCUT2D eigenvalue weighted by Crippen LogP contribution is 2.08. The summed E-state index contributed by atoms with van der Waals surface area (Å²) in [6.45, 7) is 6.07. The van der Waals surface area contributed by atoms with Gasteiger partial charge in [-0.1, -0.05) is 13.8 Å². The monoisotopic (exact) mass is 196 g/mol. The highest BCUT2D eigenvalue weighted by Gasteiger charge is 2.08. The molecule has 0 aliphatic rings. The number of nitrogens with zero attached hydrogens (tertiary/aromatic N) is 3. The molecule has 1 heterocycles. The van der Waals surface area contributed by atoms with Gasteiger partial charge in [-0.2, -0.15) is 5.10 Å². The Kier molecular flexibility index (Phi) is 4.59. The highest BCUT2D eigenvalue weighted by molar-refractivity contribution is 4.86. The van der Waals surface area contributed by atoms with Crippen LogP contribution in [0, 0.1) is 5.92 Å². The van der Waals surface area contributed by atoms with Gasteiger partial charge < -0.3 is 5.73 Å². The molecular weight excluding hydrogens is 176 g/mol. The molecule has 4 nitrogen and oxygen atoms in total. The van der Waals surface area contributed by atoms with Crippen LogP contribution in [0.25, 0.3) is 0 Å². The molecular formula is C10H20N4. The molecule has 0 bridgehead atoms. The van der Waals surface area contributed by atoms with Crippen molar-refractivity contribution in [2.24, 2.45) is 11.7 Å². The summed E-state index contributed by atoms with van der Waals surface area (Å²) in [4.78, 5) is 4.27. The van der Waals surface area contributed by atoms with Gasteiger partial charge in [-0.3, -0.25) is 4.68 Å². The van der Waals surface area contributed by atoms with E-state index < -0.39 is 0 Å². The SMILES string of the molecule is CCCn1ncnc1CC(C)CCN. The maximum atomic E-state index is 5.51. The van der Waals surface area contributed by atoms with Crippen molar-refractivity contribution in [3.05, 3.63) is 12.2 Å². The number of nitrogens with two attached hydrogens (primary N) is 1. The first-order valence-corrected chi connectivity index (χ1v) is 5.34. The summed E-state index contributed by atoms with van der Waals surface area (Å²) in [6.07, 6.45) is 4.78. The molecule has 0 aromatic carbocycles. The molecule has 4 heteroatoms. The summed E-state index contributed by atoms with van der Waals surface area (Å²) in [5.41, 5.74) is 5.51. The smallest absolute Gasteiger partial charge is 0.138 e. The van der Waals surface area contributed by atoms with E-state index in [9.17, 15) is 0 Å². The molecule has 0 saturated carbocycles. The van der Waals surface area contributed by atoms with Crippen molar-refractivity contribution >= 4 is 0 Å². The Morgan fingerprint density at radius 3 is 3.00 bits per heavy atom. The van der Waals surface area contributed by atoms with E-state index in [0.717, 1.165) is 38.2 Å². The zero-order valence-corrected chi connectivity index (χ0v) is 9.11. The van der Waals surface area contributed by atoms with Gasteiger partial charge in [-0.15, -0.1) is 0 Å². The lowest BCUT2D eigenvalue weighted by Crippen LogP contribution is -2.12. The molecule has 0 saturated heterocycles. The van der Waals surface area contributed by atoms with Crippen LogP contribution in [-0.2, 0) is 13.0 Å². The zero-order valence-electron chi connectivity index (χ0n) is 9.11. The van der Waals surface area contributed by atoms with Crippen LogP contribution in [0.3, 0.4) is 0 Å². The van der Waals surface area contributed by atoms with Gasteiger partial charge in [-0.25, -0.2) is 4.98 Å². The van der Waals surface area contributed by atoms with Gasteiger partial charge in [-0.05, 0) is 25.3 Å². The molecule has 1 unspecified atom stereocenters. The molecule has 1 aromatic rings. The lowest BCUT2D eigenvalue weighted by atomic mass is 10.0. The molecule has 0 aliphatic carbocycles. The van der Waals surface area contributed by atoms with Crippen LogP contribution >= 0.6 is 0 Å². The molecule has 0 fully saturated rings. The van der Waals surface area contributed by atoms with Gasteiger partial charge in [0.25, 0.3) is 0 Å². The lowest BCUT2D eigenvalue weighted by molar-refractivity contribution is 0.487. The highest BCUT2D eigenvalue weighted by atomic mass is 15.3. The average molecular weight is 196 g/mol.